The number of para-hydroxylation sites is 1. The molecule has 10 nitrogen and oxygen atoms in total. The number of amides is 3. The van der Waals surface area contributed by atoms with Gasteiger partial charge in [-0.05, 0) is 60.6 Å². The van der Waals surface area contributed by atoms with Gasteiger partial charge in [0.1, 0.15) is 10.9 Å². The van der Waals surface area contributed by atoms with E-state index in [1.165, 1.54) is 19.1 Å². The third kappa shape index (κ3) is 5.28. The van der Waals surface area contributed by atoms with Gasteiger partial charge in [-0.25, -0.2) is 0 Å². The number of nitrogen functional groups attached to an aromatic ring is 1. The molecule has 0 aliphatic heterocycles. The number of nitrogens with zero attached hydrogens (tertiary/aromatic N) is 2. The number of ether oxygens (including phenoxy) is 2. The molecule has 0 bridgehead atoms. The second-order valence-corrected chi connectivity index (χ2v) is 9.88. The summed E-state index contributed by atoms with van der Waals surface area (Å²) in [7, 11) is 3.02. The number of nitrogens with one attached hydrogen (secondary N) is 1. The lowest BCUT2D eigenvalue weighted by atomic mass is 10.00. The number of benzene rings is 2. The fourth-order valence-electron chi connectivity index (χ4n) is 4.73. The number of carbonyl (C=O) groups excluding carboxylic acids is 3. The Balaban J connectivity index is 1.91. The lowest BCUT2D eigenvalue weighted by molar-refractivity contribution is -0.123. The lowest BCUT2D eigenvalue weighted by Crippen LogP contribution is -2.46. The maximum atomic E-state index is 14.2. The Kier molecular flexibility index (Phi) is 8.16. The molecule has 0 spiro atoms. The van der Waals surface area contributed by atoms with Crippen LogP contribution in [0.1, 0.15) is 63.0 Å². The zero-order valence-electron chi connectivity index (χ0n) is 21.5. The van der Waals surface area contributed by atoms with Crippen LogP contribution in [0.25, 0.3) is 0 Å². The predicted octanol–water partition coefficient (Wildman–Crippen LogP) is 3.60. The second kappa shape index (κ2) is 11.5. The summed E-state index contributed by atoms with van der Waals surface area (Å²) in [5.74, 6) is -0.871. The number of anilines is 2. The van der Waals surface area contributed by atoms with Crippen LogP contribution in [0.2, 0.25) is 0 Å². The molecule has 1 atom stereocenters. The van der Waals surface area contributed by atoms with Crippen LogP contribution in [0.4, 0.5) is 11.4 Å². The summed E-state index contributed by atoms with van der Waals surface area (Å²) < 4.78 is 14.9. The van der Waals surface area contributed by atoms with Gasteiger partial charge in [0.25, 0.3) is 11.8 Å². The van der Waals surface area contributed by atoms with E-state index < -0.39 is 17.9 Å². The van der Waals surface area contributed by atoms with Crippen LogP contribution in [-0.4, -0.2) is 42.4 Å². The summed E-state index contributed by atoms with van der Waals surface area (Å²) in [5.41, 5.74) is 13.0. The third-order valence-corrected chi connectivity index (χ3v) is 7.53. The molecule has 1 aliphatic rings. The zero-order chi connectivity index (χ0) is 27.4. The van der Waals surface area contributed by atoms with Gasteiger partial charge < -0.3 is 26.3 Å². The number of rotatable bonds is 9. The van der Waals surface area contributed by atoms with E-state index in [-0.39, 0.29) is 28.2 Å². The number of aromatic nitrogens is 1. The van der Waals surface area contributed by atoms with Crippen molar-refractivity contribution in [2.75, 3.05) is 24.9 Å². The minimum Gasteiger partial charge on any atom is -0.493 e. The van der Waals surface area contributed by atoms with Gasteiger partial charge in [-0.1, -0.05) is 37.1 Å². The molecule has 2 aromatic carbocycles. The topological polar surface area (TPSA) is 150 Å². The Bertz CT molecular complexity index is 1350. The average Bonchev–Trinajstić information content (AvgIpc) is 3.56. The molecule has 1 aromatic heterocycles. The van der Waals surface area contributed by atoms with Crippen LogP contribution in [0.15, 0.2) is 42.5 Å². The van der Waals surface area contributed by atoms with Crippen molar-refractivity contribution in [1.82, 2.24) is 9.69 Å². The van der Waals surface area contributed by atoms with Crippen molar-refractivity contribution in [3.8, 4) is 11.5 Å². The average molecular weight is 538 g/mol. The fraction of sp³-hybridized carbons (Fsp3) is 0.333. The normalized spacial score (nSPS) is 14.1. The molecule has 38 heavy (non-hydrogen) atoms. The van der Waals surface area contributed by atoms with Crippen molar-refractivity contribution in [3.05, 3.63) is 64.2 Å². The molecule has 3 aromatic rings. The number of primary amides is 1. The molecule has 0 saturated heterocycles. The Labute approximate surface area is 225 Å². The number of aryl methyl sites for hydroxylation is 1. The van der Waals surface area contributed by atoms with E-state index in [0.717, 1.165) is 42.8 Å². The molecule has 3 amide bonds. The van der Waals surface area contributed by atoms with Crippen LogP contribution < -0.4 is 31.2 Å². The Morgan fingerprint density at radius 2 is 1.76 bits per heavy atom. The van der Waals surface area contributed by atoms with Gasteiger partial charge in [-0.15, -0.1) is 0 Å². The monoisotopic (exact) mass is 537 g/mol. The summed E-state index contributed by atoms with van der Waals surface area (Å²) in [6.07, 6.45) is 3.79. The first-order chi connectivity index (χ1) is 18.3. The van der Waals surface area contributed by atoms with Crippen LogP contribution >= 0.6 is 11.5 Å². The molecule has 1 aliphatic carbocycles. The Hall–Kier alpha value is -4.12. The molecule has 1 fully saturated rings. The highest BCUT2D eigenvalue weighted by atomic mass is 32.1. The van der Waals surface area contributed by atoms with Crippen LogP contribution in [0.3, 0.4) is 0 Å². The molecular weight excluding hydrogens is 506 g/mol. The molecule has 1 saturated carbocycles. The Morgan fingerprint density at radius 1 is 1.08 bits per heavy atom. The molecule has 0 unspecified atom stereocenters. The number of nitrogens with two attached hydrogens (primary N) is 2. The van der Waals surface area contributed by atoms with E-state index in [1.807, 2.05) is 19.1 Å². The summed E-state index contributed by atoms with van der Waals surface area (Å²) in [5, 5.41) is 3.14. The van der Waals surface area contributed by atoms with E-state index >= 15 is 0 Å². The second-order valence-electron chi connectivity index (χ2n) is 9.11. The smallest absolute Gasteiger partial charge is 0.273 e. The van der Waals surface area contributed by atoms with Crippen molar-refractivity contribution < 1.29 is 23.9 Å². The van der Waals surface area contributed by atoms with E-state index in [1.54, 1.807) is 30.3 Å². The maximum Gasteiger partial charge on any atom is 0.273 e. The summed E-state index contributed by atoms with van der Waals surface area (Å²) in [6.45, 7) is 1.85. The SMILES string of the molecule is COc1ccc([C@@H](C(=O)NC2CCCC2)N(C(=O)c2snc(C(N)=O)c2N)c2ccccc2C)cc1OC. The van der Waals surface area contributed by atoms with E-state index in [4.69, 9.17) is 20.9 Å². The van der Waals surface area contributed by atoms with Gasteiger partial charge in [-0.3, -0.25) is 19.3 Å². The van der Waals surface area contributed by atoms with Crippen molar-refractivity contribution in [1.29, 1.82) is 0 Å². The van der Waals surface area contributed by atoms with Crippen molar-refractivity contribution >= 4 is 40.6 Å². The largest absolute Gasteiger partial charge is 0.493 e. The van der Waals surface area contributed by atoms with E-state index in [9.17, 15) is 14.4 Å². The first kappa shape index (κ1) is 26.9. The van der Waals surface area contributed by atoms with Crippen LogP contribution in [0, 0.1) is 6.92 Å². The number of carbonyl (C=O) groups is 3. The highest BCUT2D eigenvalue weighted by molar-refractivity contribution is 7.09. The molecule has 0 radical (unpaired) electrons. The van der Waals surface area contributed by atoms with Crippen LogP contribution in [0.5, 0.6) is 11.5 Å². The van der Waals surface area contributed by atoms with Gasteiger partial charge in [0, 0.05) is 11.7 Å². The molecule has 11 heteroatoms. The maximum absolute atomic E-state index is 14.2. The van der Waals surface area contributed by atoms with Gasteiger partial charge >= 0.3 is 0 Å². The number of hydrogen-bond donors (Lipinski definition) is 3. The summed E-state index contributed by atoms with van der Waals surface area (Å²) >= 11 is 0.769. The number of methoxy groups -OCH3 is 2. The van der Waals surface area contributed by atoms with Gasteiger partial charge in [-0.2, -0.15) is 4.37 Å². The molecule has 5 N–H and O–H groups in total. The van der Waals surface area contributed by atoms with E-state index in [2.05, 4.69) is 9.69 Å². The summed E-state index contributed by atoms with van der Waals surface area (Å²) in [6, 6.07) is 11.3. The van der Waals surface area contributed by atoms with Crippen LogP contribution in [-0.2, 0) is 4.79 Å². The first-order valence-electron chi connectivity index (χ1n) is 12.2. The molecule has 4 rings (SSSR count). The van der Waals surface area contributed by atoms with Crippen molar-refractivity contribution in [2.45, 2.75) is 44.7 Å². The minimum atomic E-state index is -1.09. The molecule has 1 heterocycles. The van der Waals surface area contributed by atoms with Gasteiger partial charge in [0.2, 0.25) is 5.91 Å². The lowest BCUT2D eigenvalue weighted by Gasteiger charge is -2.33. The highest BCUT2D eigenvalue weighted by Crippen LogP contribution is 2.38. The molecule has 200 valence electrons. The van der Waals surface area contributed by atoms with Crippen molar-refractivity contribution in [2.24, 2.45) is 5.73 Å². The number of hydrogen-bond acceptors (Lipinski definition) is 8. The standard InChI is InChI=1S/C27H31N5O5S/c1-15-8-4-7-11-18(15)32(27(35)24-21(28)22(25(29)33)31-38-24)23(26(34)30-17-9-5-6-10-17)16-12-13-19(36-2)20(14-16)37-3/h4,7-8,11-14,17,23H,5-6,9-10,28H2,1-3H3,(H2,29,33)(H,30,34)/t23-/m0/s1. The zero-order valence-corrected chi connectivity index (χ0v) is 22.3. The predicted molar refractivity (Wildman–Crippen MR) is 146 cm³/mol. The minimum absolute atomic E-state index is 0.00824. The highest BCUT2D eigenvalue weighted by Gasteiger charge is 2.38. The third-order valence-electron chi connectivity index (χ3n) is 6.68. The van der Waals surface area contributed by atoms with E-state index in [0.29, 0.717) is 22.7 Å². The van der Waals surface area contributed by atoms with Crippen molar-refractivity contribution in [3.63, 3.8) is 0 Å². The Morgan fingerprint density at radius 3 is 2.37 bits per heavy atom. The quantitative estimate of drug-likeness (QED) is 0.377. The van der Waals surface area contributed by atoms with Gasteiger partial charge in [0.15, 0.2) is 17.2 Å². The van der Waals surface area contributed by atoms with Gasteiger partial charge in [0.05, 0.1) is 19.9 Å². The fourth-order valence-corrected chi connectivity index (χ4v) is 5.47. The first-order valence-corrected chi connectivity index (χ1v) is 13.0. The molecular formula is C27H31N5O5S. The summed E-state index contributed by atoms with van der Waals surface area (Å²) in [4.78, 5) is 41.5.